The van der Waals surface area contributed by atoms with Crippen LogP contribution in [0.3, 0.4) is 0 Å². The monoisotopic (exact) mass is 325 g/mol. The van der Waals surface area contributed by atoms with Crippen LogP contribution in [0.5, 0.6) is 0 Å². The molecular formula is C16H24BrNO. The topological polar surface area (TPSA) is 21.3 Å². The second kappa shape index (κ2) is 8.03. The second-order valence-electron chi connectivity index (χ2n) is 5.24. The van der Waals surface area contributed by atoms with Crippen molar-refractivity contribution in [1.29, 1.82) is 0 Å². The Balaban J connectivity index is 1.77. The zero-order valence-corrected chi connectivity index (χ0v) is 13.3. The molecule has 2 rings (SSSR count). The molecule has 0 radical (unpaired) electrons. The second-order valence-corrected chi connectivity index (χ2v) is 6.16. The van der Waals surface area contributed by atoms with Gasteiger partial charge in [-0.05, 0) is 56.3 Å². The lowest BCUT2D eigenvalue weighted by Crippen LogP contribution is -2.27. The van der Waals surface area contributed by atoms with Gasteiger partial charge >= 0.3 is 0 Å². The third-order valence-electron chi connectivity index (χ3n) is 3.81. The van der Waals surface area contributed by atoms with Crippen molar-refractivity contribution in [3.63, 3.8) is 0 Å². The number of nitrogens with one attached hydrogen (secondary N) is 1. The molecule has 0 amide bonds. The minimum Gasteiger partial charge on any atom is -0.378 e. The molecule has 1 saturated heterocycles. The Hall–Kier alpha value is -0.380. The van der Waals surface area contributed by atoms with Crippen LogP contribution in [-0.4, -0.2) is 19.3 Å². The summed E-state index contributed by atoms with van der Waals surface area (Å²) >= 11 is 3.48. The fraction of sp³-hybridized carbons (Fsp3) is 0.625. The van der Waals surface area contributed by atoms with Gasteiger partial charge in [0.05, 0.1) is 6.10 Å². The zero-order chi connectivity index (χ0) is 13.5. The van der Waals surface area contributed by atoms with Crippen LogP contribution in [0.15, 0.2) is 28.7 Å². The molecule has 2 nitrogen and oxygen atoms in total. The molecule has 0 bridgehead atoms. The lowest BCUT2D eigenvalue weighted by molar-refractivity contribution is 0.0112. The minimum atomic E-state index is 0.455. The van der Waals surface area contributed by atoms with Gasteiger partial charge in [0.15, 0.2) is 0 Å². The van der Waals surface area contributed by atoms with Crippen LogP contribution in [0.2, 0.25) is 0 Å². The van der Waals surface area contributed by atoms with Gasteiger partial charge in [-0.1, -0.05) is 35.0 Å². The Morgan fingerprint density at radius 2 is 2.11 bits per heavy atom. The standard InChI is InChI=1S/C16H24BrNO/c1-2-16(13-6-8-14(17)9-7-13)18-11-10-15-5-3-4-12-19-15/h6-9,15-16,18H,2-5,10-12H2,1H3. The van der Waals surface area contributed by atoms with Gasteiger partial charge in [0, 0.05) is 17.1 Å². The molecule has 1 fully saturated rings. The average molecular weight is 326 g/mol. The summed E-state index contributed by atoms with van der Waals surface area (Å²) in [6.07, 6.45) is 6.52. The van der Waals surface area contributed by atoms with Crippen LogP contribution in [0.1, 0.15) is 50.6 Å². The first-order chi connectivity index (χ1) is 9.29. The van der Waals surface area contributed by atoms with E-state index in [2.05, 4.69) is 52.4 Å². The smallest absolute Gasteiger partial charge is 0.0587 e. The van der Waals surface area contributed by atoms with Crippen molar-refractivity contribution in [3.05, 3.63) is 34.3 Å². The third kappa shape index (κ3) is 4.90. The molecule has 1 aliphatic rings. The molecule has 1 aliphatic heterocycles. The Bertz CT molecular complexity index is 360. The van der Waals surface area contributed by atoms with Gasteiger partial charge in [-0.15, -0.1) is 0 Å². The van der Waals surface area contributed by atoms with Crippen LogP contribution >= 0.6 is 15.9 Å². The van der Waals surface area contributed by atoms with Gasteiger partial charge in [-0.25, -0.2) is 0 Å². The van der Waals surface area contributed by atoms with E-state index in [1.165, 1.54) is 24.8 Å². The Labute approximate surface area is 125 Å². The van der Waals surface area contributed by atoms with E-state index in [1.807, 2.05) is 0 Å². The largest absolute Gasteiger partial charge is 0.378 e. The lowest BCUT2D eigenvalue weighted by Gasteiger charge is -2.24. The van der Waals surface area contributed by atoms with Crippen molar-refractivity contribution in [3.8, 4) is 0 Å². The SMILES string of the molecule is CCC(NCCC1CCCCO1)c1ccc(Br)cc1. The van der Waals surface area contributed by atoms with Crippen molar-refractivity contribution >= 4 is 15.9 Å². The molecule has 2 unspecified atom stereocenters. The minimum absolute atomic E-state index is 0.455. The predicted molar refractivity (Wildman–Crippen MR) is 83.4 cm³/mol. The Kier molecular flexibility index (Phi) is 6.35. The Morgan fingerprint density at radius 3 is 2.74 bits per heavy atom. The first kappa shape index (κ1) is 15.0. The van der Waals surface area contributed by atoms with E-state index in [9.17, 15) is 0 Å². The molecule has 3 heteroatoms. The molecule has 1 N–H and O–H groups in total. The van der Waals surface area contributed by atoms with E-state index >= 15 is 0 Å². The van der Waals surface area contributed by atoms with Gasteiger partial charge in [0.2, 0.25) is 0 Å². The van der Waals surface area contributed by atoms with E-state index in [0.29, 0.717) is 12.1 Å². The summed E-state index contributed by atoms with van der Waals surface area (Å²) in [6, 6.07) is 9.08. The molecule has 106 valence electrons. The van der Waals surface area contributed by atoms with Gasteiger partial charge in [0.1, 0.15) is 0 Å². The predicted octanol–water partition coefficient (Wildman–Crippen LogP) is 4.45. The highest BCUT2D eigenvalue weighted by molar-refractivity contribution is 9.10. The number of halogens is 1. The van der Waals surface area contributed by atoms with E-state index in [-0.39, 0.29) is 0 Å². The van der Waals surface area contributed by atoms with E-state index < -0.39 is 0 Å². The average Bonchev–Trinajstić information content (AvgIpc) is 2.46. The van der Waals surface area contributed by atoms with Crippen LogP contribution in [0, 0.1) is 0 Å². The van der Waals surface area contributed by atoms with Gasteiger partial charge in [0.25, 0.3) is 0 Å². The molecule has 1 aromatic rings. The van der Waals surface area contributed by atoms with Crippen molar-refractivity contribution in [2.45, 2.75) is 51.2 Å². The highest BCUT2D eigenvalue weighted by atomic mass is 79.9. The van der Waals surface area contributed by atoms with E-state index in [1.54, 1.807) is 0 Å². The molecule has 2 atom stereocenters. The fourth-order valence-electron chi connectivity index (χ4n) is 2.65. The zero-order valence-electron chi connectivity index (χ0n) is 11.7. The summed E-state index contributed by atoms with van der Waals surface area (Å²) in [5, 5.41) is 3.66. The first-order valence-electron chi connectivity index (χ1n) is 7.40. The molecule has 0 saturated carbocycles. The number of benzene rings is 1. The van der Waals surface area contributed by atoms with Gasteiger partial charge < -0.3 is 10.1 Å². The maximum atomic E-state index is 5.77. The van der Waals surface area contributed by atoms with Crippen LogP contribution < -0.4 is 5.32 Å². The van der Waals surface area contributed by atoms with Crippen molar-refractivity contribution in [2.75, 3.05) is 13.2 Å². The molecule has 19 heavy (non-hydrogen) atoms. The molecular weight excluding hydrogens is 302 g/mol. The lowest BCUT2D eigenvalue weighted by atomic mass is 10.0. The highest BCUT2D eigenvalue weighted by Gasteiger charge is 2.14. The summed E-state index contributed by atoms with van der Waals surface area (Å²) in [7, 11) is 0. The van der Waals surface area contributed by atoms with Crippen molar-refractivity contribution in [2.24, 2.45) is 0 Å². The molecule has 0 aromatic heterocycles. The normalized spacial score (nSPS) is 21.3. The van der Waals surface area contributed by atoms with Crippen LogP contribution in [0.25, 0.3) is 0 Å². The maximum Gasteiger partial charge on any atom is 0.0587 e. The highest BCUT2D eigenvalue weighted by Crippen LogP contribution is 2.20. The molecule has 1 aromatic carbocycles. The fourth-order valence-corrected chi connectivity index (χ4v) is 2.91. The Morgan fingerprint density at radius 1 is 1.32 bits per heavy atom. The van der Waals surface area contributed by atoms with Gasteiger partial charge in [-0.3, -0.25) is 0 Å². The molecule has 1 heterocycles. The maximum absolute atomic E-state index is 5.77. The summed E-state index contributed by atoms with van der Waals surface area (Å²) in [4.78, 5) is 0. The van der Waals surface area contributed by atoms with E-state index in [0.717, 1.165) is 30.5 Å². The summed E-state index contributed by atoms with van der Waals surface area (Å²) < 4.78 is 6.91. The summed E-state index contributed by atoms with van der Waals surface area (Å²) in [6.45, 7) is 4.23. The number of ether oxygens (including phenoxy) is 1. The summed E-state index contributed by atoms with van der Waals surface area (Å²) in [5.74, 6) is 0. The quantitative estimate of drug-likeness (QED) is 0.834. The van der Waals surface area contributed by atoms with Crippen LogP contribution in [0.4, 0.5) is 0 Å². The number of hydrogen-bond donors (Lipinski definition) is 1. The number of hydrogen-bond acceptors (Lipinski definition) is 2. The summed E-state index contributed by atoms with van der Waals surface area (Å²) in [5.41, 5.74) is 1.37. The van der Waals surface area contributed by atoms with Gasteiger partial charge in [-0.2, -0.15) is 0 Å². The third-order valence-corrected chi connectivity index (χ3v) is 4.34. The van der Waals surface area contributed by atoms with Crippen LogP contribution in [-0.2, 0) is 4.74 Å². The van der Waals surface area contributed by atoms with E-state index in [4.69, 9.17) is 4.74 Å². The molecule has 0 aliphatic carbocycles. The van der Waals surface area contributed by atoms with Crippen molar-refractivity contribution in [1.82, 2.24) is 5.32 Å². The first-order valence-corrected chi connectivity index (χ1v) is 8.19. The number of rotatable bonds is 6. The van der Waals surface area contributed by atoms with Crippen molar-refractivity contribution < 1.29 is 4.74 Å². The molecule has 0 spiro atoms.